The topological polar surface area (TPSA) is 63.1 Å². The molecular formula is C14H12ClFN2O2. The van der Waals surface area contributed by atoms with Gasteiger partial charge < -0.3 is 5.11 Å². The summed E-state index contributed by atoms with van der Waals surface area (Å²) in [4.78, 5) is 19.3. The summed E-state index contributed by atoms with van der Waals surface area (Å²) in [6.45, 7) is -0.559. The van der Waals surface area contributed by atoms with Crippen molar-refractivity contribution >= 4 is 17.4 Å². The molecule has 1 N–H and O–H groups in total. The van der Waals surface area contributed by atoms with Crippen LogP contribution in [0.5, 0.6) is 0 Å². The van der Waals surface area contributed by atoms with Crippen LogP contribution in [0, 0.1) is 5.82 Å². The zero-order chi connectivity index (χ0) is 14.5. The quantitative estimate of drug-likeness (QED) is 0.859. The van der Waals surface area contributed by atoms with E-state index in [2.05, 4.69) is 9.97 Å². The molecule has 1 aromatic heterocycles. The summed E-state index contributed by atoms with van der Waals surface area (Å²) >= 11 is 5.70. The monoisotopic (exact) mass is 294 g/mol. The number of aliphatic hydroxyl groups is 1. The first-order chi connectivity index (χ1) is 9.60. The number of aromatic nitrogens is 2. The van der Waals surface area contributed by atoms with Crippen LogP contribution < -0.4 is 0 Å². The molecule has 0 spiro atoms. The molecular weight excluding hydrogens is 283 g/mol. The average molecular weight is 295 g/mol. The summed E-state index contributed by atoms with van der Waals surface area (Å²) in [5.41, 5.74) is 1.16. The summed E-state index contributed by atoms with van der Waals surface area (Å²) < 4.78 is 13.0. The molecule has 0 aliphatic rings. The van der Waals surface area contributed by atoms with Crippen LogP contribution in [0.4, 0.5) is 4.39 Å². The Morgan fingerprint density at radius 1 is 1.25 bits per heavy atom. The van der Waals surface area contributed by atoms with Crippen molar-refractivity contribution < 1.29 is 14.3 Å². The Hall–Kier alpha value is -1.85. The number of aliphatic hydroxyl groups excluding tert-OH is 1. The molecule has 2 aromatic rings. The Morgan fingerprint density at radius 3 is 2.55 bits per heavy atom. The van der Waals surface area contributed by atoms with Gasteiger partial charge in [-0.25, -0.2) is 14.4 Å². The number of halogens is 2. The van der Waals surface area contributed by atoms with E-state index in [-0.39, 0.29) is 10.6 Å². The van der Waals surface area contributed by atoms with E-state index in [4.69, 9.17) is 16.7 Å². The molecule has 0 saturated heterocycles. The lowest BCUT2D eigenvalue weighted by atomic mass is 10.1. The van der Waals surface area contributed by atoms with Crippen LogP contribution in [0.15, 0.2) is 30.6 Å². The molecule has 0 aliphatic carbocycles. The number of benzene rings is 1. The van der Waals surface area contributed by atoms with Crippen molar-refractivity contribution in [1.29, 1.82) is 0 Å². The Bertz CT molecular complexity index is 617. The fraction of sp³-hybridized carbons (Fsp3) is 0.214. The number of hydrogen-bond acceptors (Lipinski definition) is 4. The first kappa shape index (κ1) is 14.6. The summed E-state index contributed by atoms with van der Waals surface area (Å²) in [6.07, 6.45) is 3.94. The molecule has 0 atom stereocenters. The second-order valence-corrected chi connectivity index (χ2v) is 4.62. The van der Waals surface area contributed by atoms with Gasteiger partial charge in [-0.15, -0.1) is 0 Å². The SMILES string of the molecule is O=C(CO)c1cnc(CCc2ccc(F)c(Cl)c2)nc1. The minimum atomic E-state index is -0.559. The molecule has 0 bridgehead atoms. The molecule has 0 saturated carbocycles. The summed E-state index contributed by atoms with van der Waals surface area (Å²) in [6, 6.07) is 4.55. The average Bonchev–Trinajstić information content (AvgIpc) is 2.48. The van der Waals surface area contributed by atoms with E-state index < -0.39 is 18.2 Å². The predicted molar refractivity (Wildman–Crippen MR) is 72.3 cm³/mol. The van der Waals surface area contributed by atoms with Crippen LogP contribution in [-0.4, -0.2) is 27.5 Å². The largest absolute Gasteiger partial charge is 0.388 e. The molecule has 0 radical (unpaired) electrons. The molecule has 6 heteroatoms. The zero-order valence-corrected chi connectivity index (χ0v) is 11.3. The van der Waals surface area contributed by atoms with Gasteiger partial charge in [-0.2, -0.15) is 0 Å². The first-order valence-corrected chi connectivity index (χ1v) is 6.37. The molecule has 0 aliphatic heterocycles. The van der Waals surface area contributed by atoms with E-state index >= 15 is 0 Å². The number of rotatable bonds is 5. The van der Waals surface area contributed by atoms with Crippen molar-refractivity contribution in [3.63, 3.8) is 0 Å². The summed E-state index contributed by atoms with van der Waals surface area (Å²) in [7, 11) is 0. The van der Waals surface area contributed by atoms with Crippen molar-refractivity contribution in [3.05, 3.63) is 58.4 Å². The Kier molecular flexibility index (Phi) is 4.76. The van der Waals surface area contributed by atoms with Gasteiger partial charge in [0, 0.05) is 18.8 Å². The normalized spacial score (nSPS) is 10.6. The van der Waals surface area contributed by atoms with Crippen molar-refractivity contribution in [2.24, 2.45) is 0 Å². The van der Waals surface area contributed by atoms with E-state index in [1.807, 2.05) is 0 Å². The van der Waals surface area contributed by atoms with Gasteiger partial charge in [0.2, 0.25) is 0 Å². The summed E-state index contributed by atoms with van der Waals surface area (Å²) in [5, 5.41) is 8.80. The lowest BCUT2D eigenvalue weighted by Gasteiger charge is -2.03. The number of carbonyl (C=O) groups is 1. The molecule has 104 valence electrons. The molecule has 2 rings (SSSR count). The van der Waals surface area contributed by atoms with Crippen LogP contribution >= 0.6 is 11.6 Å². The molecule has 1 heterocycles. The van der Waals surface area contributed by atoms with E-state index in [0.29, 0.717) is 18.7 Å². The number of ketones is 1. The Labute approximate surface area is 120 Å². The molecule has 4 nitrogen and oxygen atoms in total. The lowest BCUT2D eigenvalue weighted by Crippen LogP contribution is -2.07. The van der Waals surface area contributed by atoms with Crippen molar-refractivity contribution in [3.8, 4) is 0 Å². The van der Waals surface area contributed by atoms with Crippen LogP contribution in [0.1, 0.15) is 21.7 Å². The highest BCUT2D eigenvalue weighted by Gasteiger charge is 2.06. The second kappa shape index (κ2) is 6.54. The predicted octanol–water partition coefficient (Wildman–Crippen LogP) is 2.23. The smallest absolute Gasteiger partial charge is 0.191 e. The lowest BCUT2D eigenvalue weighted by molar-refractivity contribution is 0.0903. The molecule has 1 aromatic carbocycles. The minimum Gasteiger partial charge on any atom is -0.388 e. The highest BCUT2D eigenvalue weighted by molar-refractivity contribution is 6.30. The fourth-order valence-corrected chi connectivity index (χ4v) is 1.87. The van der Waals surface area contributed by atoms with Crippen molar-refractivity contribution in [1.82, 2.24) is 9.97 Å². The minimum absolute atomic E-state index is 0.0901. The standard InChI is InChI=1S/C14H12ClFN2O2/c15-11-5-9(1-3-12(11)16)2-4-14-17-6-10(7-18-14)13(20)8-19/h1,3,5-7,19H,2,4,8H2. The second-order valence-electron chi connectivity index (χ2n) is 4.22. The van der Waals surface area contributed by atoms with Gasteiger partial charge in [0.15, 0.2) is 5.78 Å². The van der Waals surface area contributed by atoms with Crippen molar-refractivity contribution in [2.75, 3.05) is 6.61 Å². The van der Waals surface area contributed by atoms with E-state index in [1.54, 1.807) is 12.1 Å². The summed E-state index contributed by atoms with van der Waals surface area (Å²) in [5.74, 6) is -0.291. The molecule has 0 unspecified atom stereocenters. The van der Waals surface area contributed by atoms with Crippen LogP contribution in [-0.2, 0) is 12.8 Å². The molecule has 0 amide bonds. The van der Waals surface area contributed by atoms with Crippen LogP contribution in [0.25, 0.3) is 0 Å². The third-order valence-electron chi connectivity index (χ3n) is 2.79. The van der Waals surface area contributed by atoms with Gasteiger partial charge in [0.25, 0.3) is 0 Å². The highest BCUT2D eigenvalue weighted by Crippen LogP contribution is 2.17. The van der Waals surface area contributed by atoms with Gasteiger partial charge in [-0.1, -0.05) is 17.7 Å². The van der Waals surface area contributed by atoms with E-state index in [9.17, 15) is 9.18 Å². The third-order valence-corrected chi connectivity index (χ3v) is 3.08. The molecule has 20 heavy (non-hydrogen) atoms. The Morgan fingerprint density at radius 2 is 1.95 bits per heavy atom. The van der Waals surface area contributed by atoms with Gasteiger partial charge >= 0.3 is 0 Å². The number of carbonyl (C=O) groups excluding carboxylic acids is 1. The van der Waals surface area contributed by atoms with Crippen molar-refractivity contribution in [2.45, 2.75) is 12.8 Å². The number of hydrogen-bond donors (Lipinski definition) is 1. The Balaban J connectivity index is 2.00. The zero-order valence-electron chi connectivity index (χ0n) is 10.5. The van der Waals surface area contributed by atoms with E-state index in [1.165, 1.54) is 18.5 Å². The highest BCUT2D eigenvalue weighted by atomic mass is 35.5. The number of aryl methyl sites for hydroxylation is 2. The maximum absolute atomic E-state index is 13.0. The fourth-order valence-electron chi connectivity index (χ4n) is 1.67. The van der Waals surface area contributed by atoms with Crippen LogP contribution in [0.2, 0.25) is 5.02 Å². The van der Waals surface area contributed by atoms with Gasteiger partial charge in [-0.3, -0.25) is 4.79 Å². The van der Waals surface area contributed by atoms with Crippen LogP contribution in [0.3, 0.4) is 0 Å². The first-order valence-electron chi connectivity index (χ1n) is 5.99. The van der Waals surface area contributed by atoms with Gasteiger partial charge in [-0.05, 0) is 24.1 Å². The molecule has 0 fully saturated rings. The van der Waals surface area contributed by atoms with E-state index in [0.717, 1.165) is 5.56 Å². The number of Topliss-reactive ketones (excluding diaryl/α,β-unsaturated/α-hetero) is 1. The third kappa shape index (κ3) is 3.59. The van der Waals surface area contributed by atoms with Gasteiger partial charge in [0.05, 0.1) is 10.6 Å². The van der Waals surface area contributed by atoms with Gasteiger partial charge in [0.1, 0.15) is 18.2 Å². The number of nitrogens with zero attached hydrogens (tertiary/aromatic N) is 2. The maximum atomic E-state index is 13.0. The maximum Gasteiger partial charge on any atom is 0.191 e.